The van der Waals surface area contributed by atoms with Crippen molar-refractivity contribution in [2.24, 2.45) is 5.92 Å². The number of nitrogens with one attached hydrogen (secondary N) is 1. The largest absolute Gasteiger partial charge is 0.379 e. The summed E-state index contributed by atoms with van der Waals surface area (Å²) in [5, 5.41) is 3.57. The monoisotopic (exact) mass is 500 g/mol. The number of pyridine rings is 2. The lowest BCUT2D eigenvalue weighted by Gasteiger charge is -2.28. The lowest BCUT2D eigenvalue weighted by atomic mass is 9.78. The highest BCUT2D eigenvalue weighted by atomic mass is 19.1. The molecule has 5 heteroatoms. The van der Waals surface area contributed by atoms with E-state index in [1.54, 1.807) is 12.1 Å². The second kappa shape index (κ2) is 11.9. The fourth-order valence-corrected chi connectivity index (χ4v) is 5.36. The third-order valence-electron chi connectivity index (χ3n) is 7.63. The Morgan fingerprint density at radius 2 is 2.03 bits per heavy atom. The number of aromatic nitrogens is 3. The molecule has 196 valence electrons. The molecule has 1 N–H and O–H groups in total. The van der Waals surface area contributed by atoms with Crippen LogP contribution in [-0.2, 0) is 13.0 Å². The summed E-state index contributed by atoms with van der Waals surface area (Å²) in [6.45, 7) is 13.6. The number of fused-ring (bicyclic) bond motifs is 1. The van der Waals surface area contributed by atoms with Gasteiger partial charge in [-0.2, -0.15) is 4.39 Å². The second-order valence-corrected chi connectivity index (χ2v) is 10.4. The highest BCUT2D eigenvalue weighted by Gasteiger charge is 2.24. The van der Waals surface area contributed by atoms with Crippen molar-refractivity contribution in [1.82, 2.24) is 14.5 Å². The molecule has 0 amide bonds. The quantitative estimate of drug-likeness (QED) is 0.223. The van der Waals surface area contributed by atoms with Gasteiger partial charge in [-0.05, 0) is 82.6 Å². The predicted octanol–water partition coefficient (Wildman–Crippen LogP) is 8.73. The molecule has 3 aromatic heterocycles. The molecule has 0 saturated heterocycles. The van der Waals surface area contributed by atoms with Crippen molar-refractivity contribution in [1.29, 1.82) is 0 Å². The number of halogens is 1. The fourth-order valence-electron chi connectivity index (χ4n) is 5.36. The van der Waals surface area contributed by atoms with Crippen LogP contribution in [0.3, 0.4) is 0 Å². The topological polar surface area (TPSA) is 42.7 Å². The minimum Gasteiger partial charge on any atom is -0.379 e. The molecule has 1 fully saturated rings. The lowest BCUT2D eigenvalue weighted by Crippen LogP contribution is -2.14. The molecule has 1 saturated carbocycles. The summed E-state index contributed by atoms with van der Waals surface area (Å²) in [7, 11) is 0. The van der Waals surface area contributed by atoms with E-state index in [0.717, 1.165) is 35.3 Å². The molecule has 4 rings (SSSR count). The molecule has 0 aromatic carbocycles. The Labute approximate surface area is 221 Å². The van der Waals surface area contributed by atoms with Crippen molar-refractivity contribution in [3.05, 3.63) is 82.7 Å². The zero-order valence-corrected chi connectivity index (χ0v) is 23.2. The van der Waals surface area contributed by atoms with Crippen LogP contribution in [0.1, 0.15) is 88.9 Å². The Kier molecular flexibility index (Phi) is 8.63. The van der Waals surface area contributed by atoms with Gasteiger partial charge in [-0.25, -0.2) is 9.97 Å². The van der Waals surface area contributed by atoms with Crippen LogP contribution in [-0.4, -0.2) is 14.5 Å². The molecule has 3 aromatic rings. The van der Waals surface area contributed by atoms with Crippen LogP contribution in [0.2, 0.25) is 0 Å². The first-order valence-electron chi connectivity index (χ1n) is 13.8. The average molecular weight is 501 g/mol. The number of rotatable bonds is 10. The van der Waals surface area contributed by atoms with Gasteiger partial charge in [0.1, 0.15) is 0 Å². The van der Waals surface area contributed by atoms with E-state index >= 15 is 0 Å². The standard InChI is InChI=1S/C32H41FN4/c1-7-9-10-11-17-26(22(5)24-14-12-15-24)27-19-28(35-20-25-16-13-18-34-32(25)33)31-30(36-27)23(6)29(8-2)37(31)21(3)4/h9-11,13,16-19,21,24H,7-8,12,14-15,20H2,1-6H3,(H,35,36)/b10-9+,17-11-,26-22-. The van der Waals surface area contributed by atoms with Crippen LogP contribution >= 0.6 is 0 Å². The molecular weight excluding hydrogens is 459 g/mol. The van der Waals surface area contributed by atoms with E-state index in [-0.39, 0.29) is 6.04 Å². The number of allylic oxidation sites excluding steroid dienone is 6. The Morgan fingerprint density at radius 1 is 1.24 bits per heavy atom. The number of hydrogen-bond donors (Lipinski definition) is 1. The highest BCUT2D eigenvalue weighted by Crippen LogP contribution is 2.40. The Bertz CT molecular complexity index is 1340. The summed E-state index contributed by atoms with van der Waals surface area (Å²) in [6, 6.07) is 6.01. The Balaban J connectivity index is 1.92. The molecule has 0 aliphatic heterocycles. The van der Waals surface area contributed by atoms with E-state index in [0.29, 0.717) is 18.0 Å². The van der Waals surface area contributed by atoms with Crippen molar-refractivity contribution in [3.63, 3.8) is 0 Å². The molecule has 0 unspecified atom stereocenters. The van der Waals surface area contributed by atoms with Crippen molar-refractivity contribution in [2.75, 3.05) is 5.32 Å². The maximum absolute atomic E-state index is 14.4. The van der Waals surface area contributed by atoms with Crippen LogP contribution < -0.4 is 5.32 Å². The van der Waals surface area contributed by atoms with E-state index in [1.807, 2.05) is 0 Å². The SMILES string of the molecule is CC/C=C/C=C\C(=C(/C)C1CCC1)c1cc(NCc2cccnc2F)c2c(n1)c(C)c(CC)n2C(C)C. The third-order valence-corrected chi connectivity index (χ3v) is 7.63. The lowest BCUT2D eigenvalue weighted by molar-refractivity contribution is 0.369. The smallest absolute Gasteiger partial charge is 0.217 e. The van der Waals surface area contributed by atoms with Crippen molar-refractivity contribution in [2.45, 2.75) is 86.2 Å². The van der Waals surface area contributed by atoms with Gasteiger partial charge in [-0.15, -0.1) is 0 Å². The molecule has 3 heterocycles. The Hall–Kier alpha value is -3.21. The summed E-state index contributed by atoms with van der Waals surface area (Å²) >= 11 is 0. The average Bonchev–Trinajstić information content (AvgIpc) is 3.14. The summed E-state index contributed by atoms with van der Waals surface area (Å²) in [5.41, 5.74) is 9.73. The van der Waals surface area contributed by atoms with E-state index in [4.69, 9.17) is 4.98 Å². The number of nitrogens with zero attached hydrogens (tertiary/aromatic N) is 3. The maximum atomic E-state index is 14.4. The summed E-state index contributed by atoms with van der Waals surface area (Å²) in [6.07, 6.45) is 15.8. The summed E-state index contributed by atoms with van der Waals surface area (Å²) in [4.78, 5) is 9.14. The minimum atomic E-state index is -0.433. The van der Waals surface area contributed by atoms with Gasteiger partial charge in [-0.3, -0.25) is 0 Å². The van der Waals surface area contributed by atoms with E-state index < -0.39 is 5.95 Å². The first-order valence-corrected chi connectivity index (χ1v) is 13.8. The van der Waals surface area contributed by atoms with E-state index in [2.05, 4.69) is 86.8 Å². The van der Waals surface area contributed by atoms with Crippen molar-refractivity contribution in [3.8, 4) is 0 Å². The summed E-state index contributed by atoms with van der Waals surface area (Å²) in [5.74, 6) is 0.179. The van der Waals surface area contributed by atoms with Crippen LogP contribution in [0.25, 0.3) is 16.6 Å². The number of aryl methyl sites for hydroxylation is 1. The Morgan fingerprint density at radius 3 is 2.65 bits per heavy atom. The maximum Gasteiger partial charge on any atom is 0.217 e. The normalized spacial score (nSPS) is 15.2. The van der Waals surface area contributed by atoms with Gasteiger partial charge in [0.15, 0.2) is 0 Å². The number of hydrogen-bond acceptors (Lipinski definition) is 3. The third kappa shape index (κ3) is 5.56. The van der Waals surface area contributed by atoms with E-state index in [9.17, 15) is 4.39 Å². The zero-order valence-electron chi connectivity index (χ0n) is 23.2. The van der Waals surface area contributed by atoms with Crippen molar-refractivity contribution >= 4 is 22.3 Å². The van der Waals surface area contributed by atoms with Crippen LogP contribution in [0, 0.1) is 18.8 Å². The highest BCUT2D eigenvalue weighted by molar-refractivity contribution is 5.95. The molecule has 37 heavy (non-hydrogen) atoms. The molecule has 0 spiro atoms. The first kappa shape index (κ1) is 26.8. The molecule has 0 atom stereocenters. The molecule has 4 nitrogen and oxygen atoms in total. The predicted molar refractivity (Wildman–Crippen MR) is 154 cm³/mol. The number of anilines is 1. The van der Waals surface area contributed by atoms with Gasteiger partial charge < -0.3 is 9.88 Å². The summed E-state index contributed by atoms with van der Waals surface area (Å²) < 4.78 is 16.8. The van der Waals surface area contributed by atoms with Crippen LogP contribution in [0.4, 0.5) is 10.1 Å². The van der Waals surface area contributed by atoms with Gasteiger partial charge >= 0.3 is 0 Å². The van der Waals surface area contributed by atoms with E-state index in [1.165, 1.54) is 47.9 Å². The van der Waals surface area contributed by atoms with Crippen molar-refractivity contribution < 1.29 is 4.39 Å². The van der Waals surface area contributed by atoms with Gasteiger partial charge in [0.25, 0.3) is 0 Å². The van der Waals surface area contributed by atoms with Gasteiger partial charge in [-0.1, -0.05) is 56.2 Å². The molecular formula is C32H41FN4. The molecule has 0 bridgehead atoms. The van der Waals surface area contributed by atoms with Gasteiger partial charge in [0, 0.05) is 30.0 Å². The molecule has 1 aliphatic carbocycles. The zero-order chi connectivity index (χ0) is 26.5. The van der Waals surface area contributed by atoms with Gasteiger partial charge in [0.05, 0.1) is 22.4 Å². The first-order chi connectivity index (χ1) is 17.9. The fraction of sp³-hybridized carbons (Fsp3) is 0.438. The minimum absolute atomic E-state index is 0.278. The van der Waals surface area contributed by atoms with Gasteiger partial charge in [0.2, 0.25) is 5.95 Å². The van der Waals surface area contributed by atoms with Crippen LogP contribution in [0.5, 0.6) is 0 Å². The van der Waals surface area contributed by atoms with Crippen LogP contribution in [0.15, 0.2) is 54.3 Å². The molecule has 1 aliphatic rings. The molecule has 0 radical (unpaired) electrons. The second-order valence-electron chi connectivity index (χ2n) is 10.4.